The van der Waals surface area contributed by atoms with Gasteiger partial charge in [0.15, 0.2) is 0 Å². The van der Waals surface area contributed by atoms with Gasteiger partial charge in [-0.25, -0.2) is 0 Å². The molecule has 4 nitrogen and oxygen atoms in total. The molecule has 0 spiro atoms. The summed E-state index contributed by atoms with van der Waals surface area (Å²) in [6.07, 6.45) is 5.72. The average molecular weight is 290 g/mol. The topological polar surface area (TPSA) is 61.4 Å². The van der Waals surface area contributed by atoms with Gasteiger partial charge < -0.3 is 15.7 Å². The molecule has 3 N–H and O–H groups in total. The Morgan fingerprint density at radius 1 is 1.29 bits per heavy atom. The summed E-state index contributed by atoms with van der Waals surface area (Å²) in [4.78, 5) is 11.9. The number of carbonyl (C=O) groups is 1. The third kappa shape index (κ3) is 4.83. The third-order valence-electron chi connectivity index (χ3n) is 4.34. The molecule has 1 fully saturated rings. The number of aliphatic hydroxyl groups is 1. The van der Waals surface area contributed by atoms with Crippen LogP contribution in [0.25, 0.3) is 0 Å². The van der Waals surface area contributed by atoms with Crippen LogP contribution in [0.15, 0.2) is 24.3 Å². The summed E-state index contributed by atoms with van der Waals surface area (Å²) >= 11 is 0. The Morgan fingerprint density at radius 3 is 2.71 bits per heavy atom. The number of nitrogens with one attached hydrogen (secondary N) is 2. The van der Waals surface area contributed by atoms with Crippen LogP contribution in [0.5, 0.6) is 0 Å². The summed E-state index contributed by atoms with van der Waals surface area (Å²) in [5.41, 5.74) is 1.93. The Hall–Kier alpha value is -1.39. The summed E-state index contributed by atoms with van der Waals surface area (Å²) in [5, 5.41) is 15.7. The molecule has 0 bridgehead atoms. The Labute approximate surface area is 126 Å². The van der Waals surface area contributed by atoms with Crippen LogP contribution in [0.2, 0.25) is 0 Å². The predicted molar refractivity (Wildman–Crippen MR) is 85.3 cm³/mol. The van der Waals surface area contributed by atoms with E-state index in [1.807, 2.05) is 31.2 Å². The standard InChI is InChI=1S/C17H26N2O2/c1-14-6-5-7-15(10-14)19-16(21)11-18-12-17(13-20)8-3-2-4-9-17/h5-7,10,18,20H,2-4,8-9,11-13H2,1H3,(H,19,21). The van der Waals surface area contributed by atoms with Crippen molar-refractivity contribution in [3.63, 3.8) is 0 Å². The highest BCUT2D eigenvalue weighted by atomic mass is 16.3. The van der Waals surface area contributed by atoms with E-state index in [2.05, 4.69) is 10.6 Å². The Kier molecular flexibility index (Phi) is 5.76. The Morgan fingerprint density at radius 2 is 2.05 bits per heavy atom. The lowest BCUT2D eigenvalue weighted by Crippen LogP contribution is -2.41. The zero-order valence-electron chi connectivity index (χ0n) is 12.8. The monoisotopic (exact) mass is 290 g/mol. The maximum Gasteiger partial charge on any atom is 0.238 e. The normalized spacial score (nSPS) is 17.4. The van der Waals surface area contributed by atoms with Crippen LogP contribution in [0.1, 0.15) is 37.7 Å². The molecule has 0 radical (unpaired) electrons. The summed E-state index contributed by atoms with van der Waals surface area (Å²) in [6.45, 7) is 3.21. The van der Waals surface area contributed by atoms with E-state index in [4.69, 9.17) is 0 Å². The summed E-state index contributed by atoms with van der Waals surface area (Å²) in [5.74, 6) is -0.0375. The van der Waals surface area contributed by atoms with Gasteiger partial charge in [0.1, 0.15) is 0 Å². The van der Waals surface area contributed by atoms with Gasteiger partial charge in [-0.15, -0.1) is 0 Å². The molecule has 1 saturated carbocycles. The van der Waals surface area contributed by atoms with E-state index >= 15 is 0 Å². The molecule has 2 rings (SSSR count). The first kappa shape index (κ1) is 16.0. The van der Waals surface area contributed by atoms with Crippen molar-refractivity contribution in [1.29, 1.82) is 0 Å². The first-order valence-corrected chi connectivity index (χ1v) is 7.82. The van der Waals surface area contributed by atoms with Gasteiger partial charge in [0.2, 0.25) is 5.91 Å². The zero-order chi connectivity index (χ0) is 15.1. The molecule has 0 aliphatic heterocycles. The van der Waals surface area contributed by atoms with Crippen molar-refractivity contribution in [2.24, 2.45) is 5.41 Å². The van der Waals surface area contributed by atoms with E-state index in [9.17, 15) is 9.90 Å². The number of aliphatic hydroxyl groups excluding tert-OH is 1. The molecular weight excluding hydrogens is 264 g/mol. The van der Waals surface area contributed by atoms with E-state index in [0.29, 0.717) is 6.54 Å². The fraction of sp³-hybridized carbons (Fsp3) is 0.588. The van der Waals surface area contributed by atoms with Crippen molar-refractivity contribution in [3.8, 4) is 0 Å². The quantitative estimate of drug-likeness (QED) is 0.754. The van der Waals surface area contributed by atoms with Gasteiger partial charge in [-0.3, -0.25) is 4.79 Å². The fourth-order valence-electron chi connectivity index (χ4n) is 3.06. The first-order chi connectivity index (χ1) is 10.1. The molecular formula is C17H26N2O2. The number of benzene rings is 1. The molecule has 1 aliphatic rings. The summed E-state index contributed by atoms with van der Waals surface area (Å²) < 4.78 is 0. The number of amides is 1. The van der Waals surface area contributed by atoms with Crippen molar-refractivity contribution >= 4 is 11.6 Å². The lowest BCUT2D eigenvalue weighted by atomic mass is 9.74. The Bertz CT molecular complexity index is 468. The maximum atomic E-state index is 11.9. The molecule has 0 atom stereocenters. The lowest BCUT2D eigenvalue weighted by molar-refractivity contribution is -0.115. The fourth-order valence-corrected chi connectivity index (χ4v) is 3.06. The van der Waals surface area contributed by atoms with Gasteiger partial charge in [-0.2, -0.15) is 0 Å². The zero-order valence-corrected chi connectivity index (χ0v) is 12.8. The predicted octanol–water partition coefficient (Wildman–Crippen LogP) is 2.47. The molecule has 1 aliphatic carbocycles. The van der Waals surface area contributed by atoms with Crippen LogP contribution in [0.4, 0.5) is 5.69 Å². The third-order valence-corrected chi connectivity index (χ3v) is 4.34. The van der Waals surface area contributed by atoms with Crippen LogP contribution < -0.4 is 10.6 Å². The minimum Gasteiger partial charge on any atom is -0.396 e. The molecule has 0 heterocycles. The van der Waals surface area contributed by atoms with Crippen LogP contribution in [-0.2, 0) is 4.79 Å². The molecule has 4 heteroatoms. The van der Waals surface area contributed by atoms with E-state index < -0.39 is 0 Å². The van der Waals surface area contributed by atoms with Crippen molar-refractivity contribution in [1.82, 2.24) is 5.32 Å². The number of aryl methyl sites for hydroxylation is 1. The first-order valence-electron chi connectivity index (χ1n) is 7.82. The van der Waals surface area contributed by atoms with Gasteiger partial charge >= 0.3 is 0 Å². The molecule has 0 saturated heterocycles. The van der Waals surface area contributed by atoms with Crippen LogP contribution in [0, 0.1) is 12.3 Å². The molecule has 1 aromatic rings. The van der Waals surface area contributed by atoms with Crippen molar-refractivity contribution in [3.05, 3.63) is 29.8 Å². The number of rotatable bonds is 6. The number of hydrogen-bond donors (Lipinski definition) is 3. The van der Waals surface area contributed by atoms with Crippen LogP contribution in [0.3, 0.4) is 0 Å². The van der Waals surface area contributed by atoms with Gasteiger partial charge in [0.05, 0.1) is 6.54 Å². The van der Waals surface area contributed by atoms with E-state index in [0.717, 1.165) is 24.1 Å². The highest BCUT2D eigenvalue weighted by molar-refractivity contribution is 5.92. The minimum atomic E-state index is -0.0375. The highest BCUT2D eigenvalue weighted by Gasteiger charge is 2.30. The van der Waals surface area contributed by atoms with E-state index in [1.54, 1.807) is 0 Å². The average Bonchev–Trinajstić information content (AvgIpc) is 2.48. The molecule has 21 heavy (non-hydrogen) atoms. The van der Waals surface area contributed by atoms with Gasteiger partial charge in [0.25, 0.3) is 0 Å². The molecule has 1 amide bonds. The molecule has 0 aromatic heterocycles. The second-order valence-corrected chi connectivity index (χ2v) is 6.24. The van der Waals surface area contributed by atoms with Crippen molar-refractivity contribution in [2.75, 3.05) is 25.0 Å². The highest BCUT2D eigenvalue weighted by Crippen LogP contribution is 2.35. The van der Waals surface area contributed by atoms with Crippen molar-refractivity contribution < 1.29 is 9.90 Å². The van der Waals surface area contributed by atoms with E-state index in [1.165, 1.54) is 19.3 Å². The molecule has 0 unspecified atom stereocenters. The molecule has 116 valence electrons. The van der Waals surface area contributed by atoms with Crippen molar-refractivity contribution in [2.45, 2.75) is 39.0 Å². The van der Waals surface area contributed by atoms with E-state index in [-0.39, 0.29) is 24.5 Å². The smallest absolute Gasteiger partial charge is 0.238 e. The number of hydrogen-bond acceptors (Lipinski definition) is 3. The second kappa shape index (κ2) is 7.57. The maximum absolute atomic E-state index is 11.9. The van der Waals surface area contributed by atoms with Gasteiger partial charge in [0, 0.05) is 24.3 Å². The largest absolute Gasteiger partial charge is 0.396 e. The van der Waals surface area contributed by atoms with Gasteiger partial charge in [-0.1, -0.05) is 31.4 Å². The summed E-state index contributed by atoms with van der Waals surface area (Å²) in [7, 11) is 0. The van der Waals surface area contributed by atoms with Gasteiger partial charge in [-0.05, 0) is 37.5 Å². The Balaban J connectivity index is 1.76. The lowest BCUT2D eigenvalue weighted by Gasteiger charge is -2.35. The second-order valence-electron chi connectivity index (χ2n) is 6.24. The summed E-state index contributed by atoms with van der Waals surface area (Å²) in [6, 6.07) is 7.78. The number of anilines is 1. The number of carbonyl (C=O) groups excluding carboxylic acids is 1. The van der Waals surface area contributed by atoms with Crippen LogP contribution in [-0.4, -0.2) is 30.7 Å². The SMILES string of the molecule is Cc1cccc(NC(=O)CNCC2(CO)CCCCC2)c1. The molecule has 1 aromatic carbocycles. The minimum absolute atomic E-state index is 0.0259. The van der Waals surface area contributed by atoms with Crippen LogP contribution >= 0.6 is 0 Å².